The largest absolute Gasteiger partial charge is 0.254 e. The van der Waals surface area contributed by atoms with Gasteiger partial charge in [-0.3, -0.25) is 19.9 Å². The lowest BCUT2D eigenvalue weighted by Gasteiger charge is -2.10. The van der Waals surface area contributed by atoms with Crippen LogP contribution < -0.4 is 0 Å². The number of nitrogens with zero attached hydrogens (tertiary/aromatic N) is 11. The van der Waals surface area contributed by atoms with Crippen LogP contribution >= 0.6 is 0 Å². The molecule has 0 fully saturated rings. The summed E-state index contributed by atoms with van der Waals surface area (Å²) in [6.45, 7) is 0. The van der Waals surface area contributed by atoms with E-state index in [2.05, 4.69) is 250 Å². The van der Waals surface area contributed by atoms with Crippen LogP contribution in [0.25, 0.3) is 199 Å². The highest BCUT2D eigenvalue weighted by atomic mass is 14.9. The molecule has 0 amide bonds. The number of pyridine rings is 9. The number of benzene rings is 10. The van der Waals surface area contributed by atoms with Crippen LogP contribution in [0.15, 0.2) is 322 Å². The Balaban J connectivity index is 0.000000139. The lowest BCUT2D eigenvalue weighted by Crippen LogP contribution is -1.93. The molecule has 100 heavy (non-hydrogen) atoms. The molecule has 0 aliphatic heterocycles. The molecule has 10 heterocycles. The van der Waals surface area contributed by atoms with E-state index in [4.69, 9.17) is 34.9 Å². The lowest BCUT2D eigenvalue weighted by atomic mass is 9.97. The standard InChI is InChI=1S/C45H27N5.C44H26N6/c1-2-5-37-27-47-43(25-34(37)4-1)40-22-18-31-12-16-36(26-42(31)49-40)39-20-17-30-11-15-35(24-41(30)48-39)28-7-9-29(10-8-28)38-21-19-33-14-13-32-6-3-23-46-44(32)45(33)50-38;1-2-6-37-34(4-1)26-47-44(50-37)39-20-17-30-12-14-33(25-41(30)49-39)38-19-16-29-11-13-32(24-40(29)48-38)27-7-9-28(10-8-27)35-21-23-46-43-36(35)18-15-31-5-3-22-45-42(31)43/h1-27H;1-26H. The zero-order valence-electron chi connectivity index (χ0n) is 53.5. The van der Waals surface area contributed by atoms with Crippen molar-refractivity contribution in [2.45, 2.75) is 0 Å². The van der Waals surface area contributed by atoms with Crippen LogP contribution in [0.1, 0.15) is 0 Å². The highest BCUT2D eigenvalue weighted by Crippen LogP contribution is 2.37. The fourth-order valence-electron chi connectivity index (χ4n) is 13.6. The minimum atomic E-state index is 0.612. The molecule has 11 nitrogen and oxygen atoms in total. The summed E-state index contributed by atoms with van der Waals surface area (Å²) in [5.41, 5.74) is 23.3. The van der Waals surface area contributed by atoms with Crippen molar-refractivity contribution >= 4 is 109 Å². The molecular weight excluding hydrogens is 1220 g/mol. The van der Waals surface area contributed by atoms with Crippen molar-refractivity contribution in [1.82, 2.24) is 54.8 Å². The summed E-state index contributed by atoms with van der Waals surface area (Å²) in [5.74, 6) is 0.612. The molecule has 0 N–H and O–H groups in total. The zero-order chi connectivity index (χ0) is 66.0. The molecule has 0 bridgehead atoms. The number of hydrogen-bond donors (Lipinski definition) is 0. The third kappa shape index (κ3) is 10.7. The van der Waals surface area contributed by atoms with E-state index in [0.717, 1.165) is 193 Å². The van der Waals surface area contributed by atoms with Crippen molar-refractivity contribution in [1.29, 1.82) is 0 Å². The van der Waals surface area contributed by atoms with E-state index in [-0.39, 0.29) is 0 Å². The Labute approximate surface area is 572 Å². The number of para-hydroxylation sites is 1. The first kappa shape index (κ1) is 57.7. The molecule has 0 spiro atoms. The van der Waals surface area contributed by atoms with Crippen LogP contribution in [-0.2, 0) is 0 Å². The van der Waals surface area contributed by atoms with Gasteiger partial charge >= 0.3 is 0 Å². The Kier molecular flexibility index (Phi) is 13.9. The van der Waals surface area contributed by atoms with E-state index < -0.39 is 0 Å². The van der Waals surface area contributed by atoms with E-state index in [1.165, 1.54) is 0 Å². The van der Waals surface area contributed by atoms with E-state index in [1.54, 1.807) is 0 Å². The van der Waals surface area contributed by atoms with Gasteiger partial charge in [-0.05, 0) is 124 Å². The zero-order valence-corrected chi connectivity index (χ0v) is 53.5. The second kappa shape index (κ2) is 24.2. The molecular formula is C89H53N11. The number of aromatic nitrogens is 11. The molecule has 10 aromatic carbocycles. The Bertz CT molecular complexity index is 6640. The second-order valence-electron chi connectivity index (χ2n) is 25.0. The average Bonchev–Trinajstić information content (AvgIpc) is 0.807. The number of fused-ring (bicyclic) bond motifs is 12. The fourth-order valence-corrected chi connectivity index (χ4v) is 13.6. The normalized spacial score (nSPS) is 11.6. The fraction of sp³-hybridized carbons (Fsp3) is 0. The summed E-state index contributed by atoms with van der Waals surface area (Å²) in [4.78, 5) is 53.1. The van der Waals surface area contributed by atoms with Gasteiger partial charge in [-0.15, -0.1) is 0 Å². The van der Waals surface area contributed by atoms with Gasteiger partial charge in [0.05, 0.1) is 78.1 Å². The van der Waals surface area contributed by atoms with Crippen LogP contribution in [0.5, 0.6) is 0 Å². The monoisotopic (exact) mass is 1280 g/mol. The van der Waals surface area contributed by atoms with Crippen molar-refractivity contribution in [3.63, 3.8) is 0 Å². The molecule has 0 aliphatic carbocycles. The summed E-state index contributed by atoms with van der Waals surface area (Å²) in [6.07, 6.45) is 9.28. The summed E-state index contributed by atoms with van der Waals surface area (Å²) in [7, 11) is 0. The first-order valence-electron chi connectivity index (χ1n) is 33.2. The van der Waals surface area contributed by atoms with Gasteiger partial charge in [-0.25, -0.2) is 34.9 Å². The van der Waals surface area contributed by atoms with Crippen LogP contribution in [0.2, 0.25) is 0 Å². The number of hydrogen-bond acceptors (Lipinski definition) is 11. The Morgan fingerprint density at radius 2 is 0.600 bits per heavy atom. The second-order valence-corrected chi connectivity index (χ2v) is 25.0. The highest BCUT2D eigenvalue weighted by Gasteiger charge is 2.15. The summed E-state index contributed by atoms with van der Waals surface area (Å²) >= 11 is 0. The molecule has 464 valence electrons. The van der Waals surface area contributed by atoms with Crippen molar-refractivity contribution in [2.24, 2.45) is 0 Å². The van der Waals surface area contributed by atoms with Crippen LogP contribution in [0.4, 0.5) is 0 Å². The van der Waals surface area contributed by atoms with Crippen molar-refractivity contribution in [3.05, 3.63) is 322 Å². The van der Waals surface area contributed by atoms with Gasteiger partial charge in [-0.2, -0.15) is 0 Å². The molecule has 20 aromatic rings. The molecule has 10 aromatic heterocycles. The maximum Gasteiger partial charge on any atom is 0.178 e. The minimum Gasteiger partial charge on any atom is -0.254 e. The Morgan fingerprint density at radius 3 is 1.24 bits per heavy atom. The molecule has 0 atom stereocenters. The van der Waals surface area contributed by atoms with Gasteiger partial charge in [0.25, 0.3) is 0 Å². The van der Waals surface area contributed by atoms with Crippen molar-refractivity contribution < 1.29 is 0 Å². The summed E-state index contributed by atoms with van der Waals surface area (Å²) < 4.78 is 0. The van der Waals surface area contributed by atoms with E-state index >= 15 is 0 Å². The predicted molar refractivity (Wildman–Crippen MR) is 407 cm³/mol. The molecule has 20 rings (SSSR count). The topological polar surface area (TPSA) is 142 Å². The van der Waals surface area contributed by atoms with Crippen molar-refractivity contribution in [2.75, 3.05) is 0 Å². The molecule has 0 saturated heterocycles. The first-order valence-corrected chi connectivity index (χ1v) is 33.2. The van der Waals surface area contributed by atoms with Gasteiger partial charge in [0.1, 0.15) is 5.69 Å². The van der Waals surface area contributed by atoms with Gasteiger partial charge in [0.2, 0.25) is 0 Å². The van der Waals surface area contributed by atoms with Crippen LogP contribution in [0, 0.1) is 0 Å². The third-order valence-electron chi connectivity index (χ3n) is 18.9. The summed E-state index contributed by atoms with van der Waals surface area (Å²) in [6, 6.07) is 101. The molecule has 0 unspecified atom stereocenters. The van der Waals surface area contributed by atoms with Gasteiger partial charge < -0.3 is 0 Å². The molecule has 11 heteroatoms. The van der Waals surface area contributed by atoms with Crippen LogP contribution in [-0.4, -0.2) is 54.8 Å². The van der Waals surface area contributed by atoms with Crippen LogP contribution in [0.3, 0.4) is 0 Å². The predicted octanol–water partition coefficient (Wildman–Crippen LogP) is 21.6. The smallest absolute Gasteiger partial charge is 0.178 e. The van der Waals surface area contributed by atoms with Gasteiger partial charge in [0.15, 0.2) is 5.82 Å². The molecule has 0 aliphatic rings. The Hall–Kier alpha value is -13.8. The average molecular weight is 1280 g/mol. The van der Waals surface area contributed by atoms with Crippen molar-refractivity contribution in [3.8, 4) is 90.1 Å². The van der Waals surface area contributed by atoms with E-state index in [1.807, 2.05) is 91.6 Å². The lowest BCUT2D eigenvalue weighted by molar-refractivity contribution is 1.19. The number of rotatable bonds is 8. The molecule has 0 radical (unpaired) electrons. The minimum absolute atomic E-state index is 0.612. The summed E-state index contributed by atoms with van der Waals surface area (Å²) in [5, 5.41) is 12.0. The van der Waals surface area contributed by atoms with Gasteiger partial charge in [0, 0.05) is 102 Å². The third-order valence-corrected chi connectivity index (χ3v) is 18.9. The quantitative estimate of drug-likeness (QED) is 0.134. The van der Waals surface area contributed by atoms with Gasteiger partial charge in [-0.1, -0.05) is 206 Å². The van der Waals surface area contributed by atoms with E-state index in [9.17, 15) is 0 Å². The Morgan fingerprint density at radius 1 is 0.180 bits per heavy atom. The molecule has 0 saturated carbocycles. The highest BCUT2D eigenvalue weighted by molar-refractivity contribution is 6.08. The van der Waals surface area contributed by atoms with E-state index in [0.29, 0.717) is 5.82 Å². The first-order chi connectivity index (χ1) is 49.4. The SMILES string of the molecule is c1ccc2cc(-c3ccc4ccc(-c5ccc6ccc(-c7ccc(-c8ccc9ccc%10cccnc%10c9n8)cc7)cc6n5)cc4n3)ncc2c1.c1ccc2nc(-c3ccc4ccc(-c5ccc6ccc(-c7ccc(-c8ccnc9c8ccc8cccnc89)cc7)cc6n5)cc4n3)ncc2c1. The maximum atomic E-state index is 5.12. The maximum absolute atomic E-state index is 5.12.